The summed E-state index contributed by atoms with van der Waals surface area (Å²) in [4.78, 5) is 24.1. The van der Waals surface area contributed by atoms with Gasteiger partial charge in [0.2, 0.25) is 0 Å². The lowest BCUT2D eigenvalue weighted by Gasteiger charge is -2.24. The number of cyclic esters (lactones) is 1. The zero-order chi connectivity index (χ0) is 16.6. The number of halogens is 3. The molecule has 4 nitrogen and oxygen atoms in total. The van der Waals surface area contributed by atoms with Gasteiger partial charge in [-0.2, -0.15) is 0 Å². The fourth-order valence-corrected chi connectivity index (χ4v) is 2.85. The summed E-state index contributed by atoms with van der Waals surface area (Å²) in [6, 6.07) is 8.48. The number of anilines is 1. The van der Waals surface area contributed by atoms with E-state index in [4.69, 9.17) is 4.74 Å². The molecule has 0 spiro atoms. The number of hydrogen-bond acceptors (Lipinski definition) is 3. The van der Waals surface area contributed by atoms with Gasteiger partial charge < -0.3 is 10.1 Å². The Kier molecular flexibility index (Phi) is 4.12. The molecule has 1 aliphatic rings. The normalized spacial score (nSPS) is 16.5. The molecule has 0 fully saturated rings. The van der Waals surface area contributed by atoms with Gasteiger partial charge in [0, 0.05) is 17.0 Å². The largest absolute Gasteiger partial charge is 0.448 e. The minimum absolute atomic E-state index is 0.0610. The monoisotopic (exact) mass is 381 g/mol. The highest BCUT2D eigenvalue weighted by Gasteiger charge is 2.31. The summed E-state index contributed by atoms with van der Waals surface area (Å²) >= 11 is 2.99. The molecule has 0 aliphatic carbocycles. The third-order valence-electron chi connectivity index (χ3n) is 3.44. The molecule has 0 unspecified atom stereocenters. The quantitative estimate of drug-likeness (QED) is 0.810. The van der Waals surface area contributed by atoms with E-state index in [9.17, 15) is 18.4 Å². The van der Waals surface area contributed by atoms with Crippen molar-refractivity contribution in [2.45, 2.75) is 12.5 Å². The van der Waals surface area contributed by atoms with Crippen molar-refractivity contribution in [1.82, 2.24) is 0 Å². The van der Waals surface area contributed by atoms with Crippen LogP contribution in [0.1, 0.15) is 15.9 Å². The van der Waals surface area contributed by atoms with E-state index in [1.54, 1.807) is 24.3 Å². The van der Waals surface area contributed by atoms with Crippen LogP contribution in [0.4, 0.5) is 14.5 Å². The average Bonchev–Trinajstić information content (AvgIpc) is 2.50. The lowest BCUT2D eigenvalue weighted by Crippen LogP contribution is -2.38. The first-order valence-electron chi connectivity index (χ1n) is 6.70. The van der Waals surface area contributed by atoms with Crippen molar-refractivity contribution in [1.29, 1.82) is 0 Å². The molecule has 7 heteroatoms. The van der Waals surface area contributed by atoms with Crippen molar-refractivity contribution in [3.63, 3.8) is 0 Å². The van der Waals surface area contributed by atoms with Crippen LogP contribution in [0.25, 0.3) is 0 Å². The molecule has 1 heterocycles. The molecule has 1 aliphatic heterocycles. The van der Waals surface area contributed by atoms with Crippen LogP contribution in [0.15, 0.2) is 40.9 Å². The average molecular weight is 382 g/mol. The van der Waals surface area contributed by atoms with E-state index in [0.717, 1.165) is 6.07 Å². The topological polar surface area (TPSA) is 55.4 Å². The smallest absolute Gasteiger partial charge is 0.339 e. The molecular formula is C16H10BrF2NO3. The Balaban J connectivity index is 1.82. The van der Waals surface area contributed by atoms with Gasteiger partial charge in [0.05, 0.1) is 11.3 Å². The summed E-state index contributed by atoms with van der Waals surface area (Å²) in [6.07, 6.45) is -0.887. The van der Waals surface area contributed by atoms with E-state index in [0.29, 0.717) is 17.2 Å². The van der Waals surface area contributed by atoms with E-state index in [2.05, 4.69) is 21.2 Å². The fraction of sp³-hybridized carbons (Fsp3) is 0.125. The van der Waals surface area contributed by atoms with Gasteiger partial charge in [0.1, 0.15) is 5.82 Å². The van der Waals surface area contributed by atoms with Crippen molar-refractivity contribution in [2.24, 2.45) is 0 Å². The Morgan fingerprint density at radius 1 is 1.26 bits per heavy atom. The number of nitrogens with one attached hydrogen (secondary N) is 1. The second kappa shape index (κ2) is 6.08. The molecule has 1 amide bonds. The number of benzene rings is 2. The predicted molar refractivity (Wildman–Crippen MR) is 82.0 cm³/mol. The number of ether oxygens (including phenoxy) is 1. The number of carbonyl (C=O) groups excluding carboxylic acids is 2. The Morgan fingerprint density at radius 2 is 2.00 bits per heavy atom. The highest BCUT2D eigenvalue weighted by Crippen LogP contribution is 2.28. The van der Waals surface area contributed by atoms with Crippen LogP contribution in [0.5, 0.6) is 0 Å². The van der Waals surface area contributed by atoms with Crippen molar-refractivity contribution in [3.8, 4) is 0 Å². The fourth-order valence-electron chi connectivity index (χ4n) is 2.34. The van der Waals surface area contributed by atoms with Gasteiger partial charge in [-0.1, -0.05) is 18.2 Å². The van der Waals surface area contributed by atoms with Crippen LogP contribution >= 0.6 is 15.9 Å². The molecule has 3 rings (SSSR count). The molecule has 23 heavy (non-hydrogen) atoms. The highest BCUT2D eigenvalue weighted by atomic mass is 79.9. The highest BCUT2D eigenvalue weighted by molar-refractivity contribution is 9.10. The standard InChI is InChI=1S/C16H10BrF2NO3/c17-11-6-9(18)7-12(19)14(11)20-15(21)13-5-8-3-1-2-4-10(8)16(22)23-13/h1-4,6-7,13H,5H2,(H,20,21)/t13-/m0/s1. The number of hydrogen-bond donors (Lipinski definition) is 1. The van der Waals surface area contributed by atoms with Crippen molar-refractivity contribution in [3.05, 3.63) is 63.6 Å². The predicted octanol–water partition coefficient (Wildman–Crippen LogP) is 3.45. The maximum Gasteiger partial charge on any atom is 0.339 e. The van der Waals surface area contributed by atoms with Crippen molar-refractivity contribution >= 4 is 33.5 Å². The molecule has 0 bridgehead atoms. The molecular weight excluding hydrogens is 372 g/mol. The van der Waals surface area contributed by atoms with Crippen molar-refractivity contribution in [2.75, 3.05) is 5.32 Å². The van der Waals surface area contributed by atoms with Crippen LogP contribution in [0.2, 0.25) is 0 Å². The molecule has 0 radical (unpaired) electrons. The van der Waals surface area contributed by atoms with Crippen LogP contribution in [-0.2, 0) is 16.0 Å². The molecule has 0 saturated carbocycles. The first-order chi connectivity index (χ1) is 11.0. The van der Waals surface area contributed by atoms with E-state index < -0.39 is 29.6 Å². The minimum atomic E-state index is -1.08. The summed E-state index contributed by atoms with van der Waals surface area (Å²) in [7, 11) is 0. The first-order valence-corrected chi connectivity index (χ1v) is 7.49. The van der Waals surface area contributed by atoms with E-state index >= 15 is 0 Å². The maximum atomic E-state index is 13.8. The third-order valence-corrected chi connectivity index (χ3v) is 4.06. The Bertz CT molecular complexity index is 787. The Hall–Kier alpha value is -2.28. The summed E-state index contributed by atoms with van der Waals surface area (Å²) < 4.78 is 32.0. The number of rotatable bonds is 2. The lowest BCUT2D eigenvalue weighted by molar-refractivity contribution is -0.125. The second-order valence-electron chi connectivity index (χ2n) is 4.99. The van der Waals surface area contributed by atoms with Crippen LogP contribution in [0, 0.1) is 11.6 Å². The molecule has 0 aromatic heterocycles. The summed E-state index contributed by atoms with van der Waals surface area (Å²) in [5.41, 5.74) is 0.888. The van der Waals surface area contributed by atoms with Crippen LogP contribution < -0.4 is 5.32 Å². The van der Waals surface area contributed by atoms with E-state index in [1.165, 1.54) is 0 Å². The molecule has 2 aromatic rings. The van der Waals surface area contributed by atoms with Gasteiger partial charge in [-0.3, -0.25) is 4.79 Å². The summed E-state index contributed by atoms with van der Waals surface area (Å²) in [5, 5.41) is 2.32. The van der Waals surface area contributed by atoms with Gasteiger partial charge >= 0.3 is 5.97 Å². The zero-order valence-electron chi connectivity index (χ0n) is 11.6. The van der Waals surface area contributed by atoms with Gasteiger partial charge in [-0.15, -0.1) is 0 Å². The third kappa shape index (κ3) is 3.10. The van der Waals surface area contributed by atoms with E-state index in [1.807, 2.05) is 0 Å². The van der Waals surface area contributed by atoms with Crippen molar-refractivity contribution < 1.29 is 23.1 Å². The number of esters is 1. The zero-order valence-corrected chi connectivity index (χ0v) is 13.2. The number of amides is 1. The van der Waals surface area contributed by atoms with Gasteiger partial charge in [0.15, 0.2) is 11.9 Å². The Labute approximate surface area is 138 Å². The minimum Gasteiger partial charge on any atom is -0.448 e. The summed E-state index contributed by atoms with van der Waals surface area (Å²) in [5.74, 6) is -2.98. The lowest BCUT2D eigenvalue weighted by atomic mass is 9.98. The molecule has 118 valence electrons. The second-order valence-corrected chi connectivity index (χ2v) is 5.84. The maximum absolute atomic E-state index is 13.8. The molecule has 0 saturated heterocycles. The first kappa shape index (κ1) is 15.6. The van der Waals surface area contributed by atoms with Gasteiger partial charge in [-0.25, -0.2) is 13.6 Å². The molecule has 1 atom stereocenters. The van der Waals surface area contributed by atoms with Crippen LogP contribution in [-0.4, -0.2) is 18.0 Å². The molecule has 1 N–H and O–H groups in total. The Morgan fingerprint density at radius 3 is 2.74 bits per heavy atom. The van der Waals surface area contributed by atoms with E-state index in [-0.39, 0.29) is 16.6 Å². The SMILES string of the molecule is O=C1O[C@H](C(=O)Nc2c(F)cc(F)cc2Br)Cc2ccccc21. The number of fused-ring (bicyclic) bond motifs is 1. The molecule has 2 aromatic carbocycles. The van der Waals surface area contributed by atoms with Gasteiger partial charge in [-0.05, 0) is 33.6 Å². The number of carbonyl (C=O) groups is 2. The van der Waals surface area contributed by atoms with Gasteiger partial charge in [0.25, 0.3) is 5.91 Å². The summed E-state index contributed by atoms with van der Waals surface area (Å²) in [6.45, 7) is 0. The van der Waals surface area contributed by atoms with Crippen LogP contribution in [0.3, 0.4) is 0 Å².